The summed E-state index contributed by atoms with van der Waals surface area (Å²) in [6, 6.07) is 0.448. The monoisotopic (exact) mass is 234 g/mol. The Bertz CT molecular complexity index is 262. The van der Waals surface area contributed by atoms with E-state index in [1.54, 1.807) is 0 Å². The number of hydrazine groups is 1. The molecule has 0 heterocycles. The minimum absolute atomic E-state index is 0.448. The van der Waals surface area contributed by atoms with Crippen LogP contribution >= 0.6 is 0 Å². The first kappa shape index (κ1) is 11.7. The van der Waals surface area contributed by atoms with E-state index in [1.807, 2.05) is 6.08 Å². The van der Waals surface area contributed by atoms with Gasteiger partial charge in [-0.3, -0.25) is 11.3 Å². The van der Waals surface area contributed by atoms with Crippen LogP contribution in [0.5, 0.6) is 0 Å². The fraction of sp³-hybridized carbons (Fsp3) is 0.867. The predicted octanol–water partition coefficient (Wildman–Crippen LogP) is 3.00. The van der Waals surface area contributed by atoms with Crippen LogP contribution in [0.3, 0.4) is 0 Å². The zero-order chi connectivity index (χ0) is 11.9. The van der Waals surface area contributed by atoms with Gasteiger partial charge in [0.15, 0.2) is 0 Å². The van der Waals surface area contributed by atoms with E-state index >= 15 is 0 Å². The Morgan fingerprint density at radius 1 is 1.18 bits per heavy atom. The van der Waals surface area contributed by atoms with Crippen molar-refractivity contribution in [3.63, 3.8) is 0 Å². The van der Waals surface area contributed by atoms with E-state index in [1.165, 1.54) is 44.9 Å². The molecule has 1 atom stereocenters. The summed E-state index contributed by atoms with van der Waals surface area (Å²) in [5.74, 6) is 8.82. The van der Waals surface area contributed by atoms with Crippen LogP contribution in [0.25, 0.3) is 0 Å². The molecule has 17 heavy (non-hydrogen) atoms. The van der Waals surface area contributed by atoms with Gasteiger partial charge in [0.25, 0.3) is 0 Å². The van der Waals surface area contributed by atoms with Gasteiger partial charge in [-0.25, -0.2) is 0 Å². The Hall–Kier alpha value is -0.340. The molecule has 96 valence electrons. The summed E-state index contributed by atoms with van der Waals surface area (Å²) < 4.78 is 0. The molecule has 3 N–H and O–H groups in total. The first-order chi connectivity index (χ1) is 8.23. The second kappa shape index (κ2) is 4.40. The maximum absolute atomic E-state index is 5.69. The lowest BCUT2D eigenvalue weighted by molar-refractivity contribution is -0.0618. The largest absolute Gasteiger partial charge is 0.271 e. The third-order valence-corrected chi connectivity index (χ3v) is 5.53. The molecule has 0 aliphatic heterocycles. The van der Waals surface area contributed by atoms with E-state index in [2.05, 4.69) is 12.0 Å². The van der Waals surface area contributed by atoms with E-state index in [9.17, 15) is 0 Å². The van der Waals surface area contributed by atoms with Gasteiger partial charge in [-0.1, -0.05) is 6.08 Å². The molecule has 2 heteroatoms. The van der Waals surface area contributed by atoms with Crippen LogP contribution in [-0.2, 0) is 0 Å². The molecule has 0 radical (unpaired) electrons. The molecule has 0 amide bonds. The number of hydrogen-bond donors (Lipinski definition) is 2. The Kier molecular flexibility index (Phi) is 3.04. The predicted molar refractivity (Wildman–Crippen MR) is 71.1 cm³/mol. The summed E-state index contributed by atoms with van der Waals surface area (Å²) in [5, 5.41) is 0. The highest BCUT2D eigenvalue weighted by Gasteiger charge is 2.51. The maximum atomic E-state index is 5.69. The first-order valence-corrected chi connectivity index (χ1v) is 7.30. The molecule has 0 aromatic carbocycles. The smallest absolute Gasteiger partial charge is 0.0250 e. The molecule has 0 aromatic rings. The Balaban J connectivity index is 1.71. The quantitative estimate of drug-likeness (QED) is 0.436. The summed E-state index contributed by atoms with van der Waals surface area (Å²) in [6.07, 6.45) is 13.3. The van der Waals surface area contributed by atoms with E-state index in [0.29, 0.717) is 11.5 Å². The van der Waals surface area contributed by atoms with Gasteiger partial charge in [0.2, 0.25) is 0 Å². The van der Waals surface area contributed by atoms with Gasteiger partial charge in [-0.15, -0.1) is 6.58 Å². The molecular formula is C15H26N2. The highest BCUT2D eigenvalue weighted by Crippen LogP contribution is 2.61. The minimum atomic E-state index is 0.448. The van der Waals surface area contributed by atoms with Crippen molar-refractivity contribution < 1.29 is 0 Å². The first-order valence-electron chi connectivity index (χ1n) is 7.30. The second-order valence-electron chi connectivity index (χ2n) is 7.01. The van der Waals surface area contributed by atoms with Crippen molar-refractivity contribution in [2.45, 2.75) is 57.4 Å². The normalized spacial score (nSPS) is 44.9. The van der Waals surface area contributed by atoms with Gasteiger partial charge in [-0.05, 0) is 74.5 Å². The van der Waals surface area contributed by atoms with Gasteiger partial charge in [0, 0.05) is 6.04 Å². The number of hydrogen-bond acceptors (Lipinski definition) is 2. The third kappa shape index (κ3) is 2.17. The molecular weight excluding hydrogens is 208 g/mol. The third-order valence-electron chi connectivity index (χ3n) is 5.53. The van der Waals surface area contributed by atoms with Crippen LogP contribution in [0.4, 0.5) is 0 Å². The summed E-state index contributed by atoms with van der Waals surface area (Å²) in [7, 11) is 0. The van der Waals surface area contributed by atoms with Crippen LogP contribution in [-0.4, -0.2) is 6.04 Å². The van der Waals surface area contributed by atoms with Gasteiger partial charge in [0.05, 0.1) is 0 Å². The van der Waals surface area contributed by atoms with Crippen molar-refractivity contribution >= 4 is 0 Å². The SMILES string of the molecule is C=CCC(CC12CC3CC(CC(C3)C1)C2)NN. The molecule has 0 saturated heterocycles. The molecule has 0 spiro atoms. The van der Waals surface area contributed by atoms with Gasteiger partial charge < -0.3 is 0 Å². The Labute approximate surface area is 105 Å². The average Bonchev–Trinajstić information content (AvgIpc) is 2.26. The highest BCUT2D eigenvalue weighted by atomic mass is 15.2. The van der Waals surface area contributed by atoms with Crippen molar-refractivity contribution in [3.8, 4) is 0 Å². The molecule has 4 saturated carbocycles. The number of nitrogens with one attached hydrogen (secondary N) is 1. The molecule has 4 fully saturated rings. The van der Waals surface area contributed by atoms with Gasteiger partial charge in [-0.2, -0.15) is 0 Å². The summed E-state index contributed by atoms with van der Waals surface area (Å²) in [6.45, 7) is 3.85. The van der Waals surface area contributed by atoms with Crippen molar-refractivity contribution in [2.24, 2.45) is 29.0 Å². The van der Waals surface area contributed by atoms with Gasteiger partial charge >= 0.3 is 0 Å². The van der Waals surface area contributed by atoms with Crippen molar-refractivity contribution in [2.75, 3.05) is 0 Å². The molecule has 2 nitrogen and oxygen atoms in total. The van der Waals surface area contributed by atoms with E-state index in [4.69, 9.17) is 5.84 Å². The van der Waals surface area contributed by atoms with Crippen molar-refractivity contribution in [1.82, 2.24) is 5.43 Å². The maximum Gasteiger partial charge on any atom is 0.0250 e. The lowest BCUT2D eigenvalue weighted by Crippen LogP contribution is -2.49. The zero-order valence-corrected chi connectivity index (χ0v) is 10.8. The summed E-state index contributed by atoms with van der Waals surface area (Å²) in [5.41, 5.74) is 3.64. The summed E-state index contributed by atoms with van der Waals surface area (Å²) in [4.78, 5) is 0. The van der Waals surface area contributed by atoms with Crippen LogP contribution in [0.1, 0.15) is 51.4 Å². The highest BCUT2D eigenvalue weighted by molar-refractivity contribution is 5.02. The molecule has 4 aliphatic rings. The van der Waals surface area contributed by atoms with Gasteiger partial charge in [0.1, 0.15) is 0 Å². The van der Waals surface area contributed by atoms with Crippen LogP contribution in [0.2, 0.25) is 0 Å². The van der Waals surface area contributed by atoms with E-state index < -0.39 is 0 Å². The van der Waals surface area contributed by atoms with Crippen LogP contribution < -0.4 is 11.3 Å². The lowest BCUT2D eigenvalue weighted by atomic mass is 9.48. The van der Waals surface area contributed by atoms with E-state index in [-0.39, 0.29) is 0 Å². The average molecular weight is 234 g/mol. The Morgan fingerprint density at radius 3 is 2.12 bits per heavy atom. The fourth-order valence-electron chi connectivity index (χ4n) is 5.47. The van der Waals surface area contributed by atoms with Crippen molar-refractivity contribution in [3.05, 3.63) is 12.7 Å². The second-order valence-corrected chi connectivity index (χ2v) is 7.01. The lowest BCUT2D eigenvalue weighted by Gasteiger charge is -2.57. The topological polar surface area (TPSA) is 38.0 Å². The Morgan fingerprint density at radius 2 is 1.71 bits per heavy atom. The molecule has 0 aromatic heterocycles. The van der Waals surface area contributed by atoms with Crippen LogP contribution in [0, 0.1) is 23.2 Å². The number of rotatable bonds is 5. The fourth-order valence-corrected chi connectivity index (χ4v) is 5.47. The summed E-state index contributed by atoms with van der Waals surface area (Å²) >= 11 is 0. The van der Waals surface area contributed by atoms with Crippen LogP contribution in [0.15, 0.2) is 12.7 Å². The zero-order valence-electron chi connectivity index (χ0n) is 10.8. The number of nitrogens with two attached hydrogens (primary N) is 1. The molecule has 4 aliphatic carbocycles. The standard InChI is InChI=1S/C15H26N2/c1-2-3-14(17-16)10-15-7-11-4-12(8-15)6-13(5-11)9-15/h2,11-14,17H,1,3-10,16H2. The van der Waals surface area contributed by atoms with E-state index in [0.717, 1.165) is 24.2 Å². The molecule has 4 rings (SSSR count). The van der Waals surface area contributed by atoms with Crippen molar-refractivity contribution in [1.29, 1.82) is 0 Å². The molecule has 1 unspecified atom stereocenters. The minimum Gasteiger partial charge on any atom is -0.271 e. The molecule has 4 bridgehead atoms.